The molecule has 0 aliphatic carbocycles. The number of piperidine rings is 1. The lowest BCUT2D eigenvalue weighted by molar-refractivity contribution is 0.0350. The van der Waals surface area contributed by atoms with E-state index in [4.69, 9.17) is 0 Å². The van der Waals surface area contributed by atoms with E-state index in [1.165, 1.54) is 51.9 Å². The van der Waals surface area contributed by atoms with E-state index in [9.17, 15) is 0 Å². The van der Waals surface area contributed by atoms with E-state index in [2.05, 4.69) is 49.9 Å². The zero-order valence-electron chi connectivity index (χ0n) is 14.9. The van der Waals surface area contributed by atoms with Crippen LogP contribution in [0.5, 0.6) is 0 Å². The van der Waals surface area contributed by atoms with Crippen molar-refractivity contribution < 1.29 is 0 Å². The van der Waals surface area contributed by atoms with E-state index < -0.39 is 0 Å². The summed E-state index contributed by atoms with van der Waals surface area (Å²) in [5.74, 6) is 1.59. The molecule has 0 radical (unpaired) electrons. The lowest BCUT2D eigenvalue weighted by Crippen LogP contribution is -2.61. The Labute approximate surface area is 132 Å². The molecular formula is C18H37N3. The maximum absolute atomic E-state index is 3.83. The fourth-order valence-corrected chi connectivity index (χ4v) is 4.15. The summed E-state index contributed by atoms with van der Waals surface area (Å²) in [5, 5.41) is 3.83. The quantitative estimate of drug-likeness (QED) is 0.841. The van der Waals surface area contributed by atoms with Gasteiger partial charge in [0.25, 0.3) is 0 Å². The number of rotatable bonds is 5. The molecule has 2 heterocycles. The van der Waals surface area contributed by atoms with Crippen LogP contribution in [0.4, 0.5) is 0 Å². The Bertz CT molecular complexity index is 295. The van der Waals surface area contributed by atoms with Crippen LogP contribution in [-0.2, 0) is 0 Å². The van der Waals surface area contributed by atoms with E-state index in [-0.39, 0.29) is 0 Å². The molecule has 21 heavy (non-hydrogen) atoms. The highest BCUT2D eigenvalue weighted by Crippen LogP contribution is 2.25. The van der Waals surface area contributed by atoms with Crippen molar-refractivity contribution in [2.75, 3.05) is 33.2 Å². The smallest absolute Gasteiger partial charge is 0.0226 e. The maximum Gasteiger partial charge on any atom is 0.0226 e. The molecule has 0 aromatic rings. The summed E-state index contributed by atoms with van der Waals surface area (Å²) >= 11 is 0. The van der Waals surface area contributed by atoms with Crippen LogP contribution in [-0.4, -0.2) is 61.2 Å². The molecule has 0 aromatic carbocycles. The fourth-order valence-electron chi connectivity index (χ4n) is 4.15. The first kappa shape index (κ1) is 17.2. The third-order valence-corrected chi connectivity index (χ3v) is 5.20. The van der Waals surface area contributed by atoms with E-state index in [1.807, 2.05) is 0 Å². The van der Waals surface area contributed by atoms with E-state index >= 15 is 0 Å². The van der Waals surface area contributed by atoms with Crippen molar-refractivity contribution in [3.8, 4) is 0 Å². The van der Waals surface area contributed by atoms with Crippen molar-refractivity contribution in [1.82, 2.24) is 15.1 Å². The van der Waals surface area contributed by atoms with Gasteiger partial charge in [-0.2, -0.15) is 0 Å². The Kier molecular flexibility index (Phi) is 6.51. The number of likely N-dealkylation sites (tertiary alicyclic amines) is 1. The predicted octanol–water partition coefficient (Wildman–Crippen LogP) is 2.82. The van der Waals surface area contributed by atoms with Gasteiger partial charge in [-0.15, -0.1) is 0 Å². The third kappa shape index (κ3) is 5.22. The van der Waals surface area contributed by atoms with Crippen molar-refractivity contribution in [3.05, 3.63) is 0 Å². The zero-order chi connectivity index (χ0) is 15.4. The molecular weight excluding hydrogens is 258 g/mol. The molecule has 2 fully saturated rings. The number of hydrogen-bond acceptors (Lipinski definition) is 3. The Morgan fingerprint density at radius 3 is 2.19 bits per heavy atom. The van der Waals surface area contributed by atoms with Crippen LogP contribution in [0.15, 0.2) is 0 Å². The molecule has 2 rings (SSSR count). The van der Waals surface area contributed by atoms with Gasteiger partial charge >= 0.3 is 0 Å². The standard InChI is InChI=1S/C18H37N3/c1-14(2)10-16-13-21(17-6-8-20(5)9-7-17)18(12-19-16)11-15(3)4/h14-19H,6-13H2,1-5H3. The summed E-state index contributed by atoms with van der Waals surface area (Å²) in [5.41, 5.74) is 0. The summed E-state index contributed by atoms with van der Waals surface area (Å²) in [4.78, 5) is 5.37. The molecule has 2 unspecified atom stereocenters. The van der Waals surface area contributed by atoms with Gasteiger partial charge in [-0.1, -0.05) is 27.7 Å². The van der Waals surface area contributed by atoms with Gasteiger partial charge in [0.2, 0.25) is 0 Å². The first-order valence-corrected chi connectivity index (χ1v) is 9.13. The maximum atomic E-state index is 3.83. The summed E-state index contributed by atoms with van der Waals surface area (Å²) < 4.78 is 0. The number of hydrogen-bond donors (Lipinski definition) is 1. The molecule has 2 saturated heterocycles. The van der Waals surface area contributed by atoms with Gasteiger partial charge < -0.3 is 10.2 Å². The largest absolute Gasteiger partial charge is 0.311 e. The lowest BCUT2D eigenvalue weighted by Gasteiger charge is -2.47. The lowest BCUT2D eigenvalue weighted by atomic mass is 9.92. The summed E-state index contributed by atoms with van der Waals surface area (Å²) in [6.07, 6.45) is 5.38. The molecule has 2 atom stereocenters. The second-order valence-electron chi connectivity index (χ2n) is 8.25. The molecule has 2 aliphatic heterocycles. The van der Waals surface area contributed by atoms with Gasteiger partial charge in [0, 0.05) is 31.2 Å². The van der Waals surface area contributed by atoms with Crippen LogP contribution in [0.3, 0.4) is 0 Å². The highest BCUT2D eigenvalue weighted by Gasteiger charge is 2.34. The van der Waals surface area contributed by atoms with Crippen molar-refractivity contribution in [2.45, 2.75) is 71.5 Å². The van der Waals surface area contributed by atoms with Crippen LogP contribution in [0.25, 0.3) is 0 Å². The van der Waals surface area contributed by atoms with Crippen LogP contribution in [0, 0.1) is 11.8 Å². The fraction of sp³-hybridized carbons (Fsp3) is 1.00. The van der Waals surface area contributed by atoms with Crippen LogP contribution in [0.2, 0.25) is 0 Å². The van der Waals surface area contributed by atoms with Crippen molar-refractivity contribution >= 4 is 0 Å². The average molecular weight is 296 g/mol. The van der Waals surface area contributed by atoms with Crippen molar-refractivity contribution in [1.29, 1.82) is 0 Å². The molecule has 0 saturated carbocycles. The van der Waals surface area contributed by atoms with Crippen molar-refractivity contribution in [2.24, 2.45) is 11.8 Å². The molecule has 0 spiro atoms. The number of nitrogens with zero attached hydrogens (tertiary/aromatic N) is 2. The SMILES string of the molecule is CC(C)CC1CN(C2CCN(C)CC2)C(CC(C)C)CN1. The van der Waals surface area contributed by atoms with Gasteiger partial charge in [0.15, 0.2) is 0 Å². The van der Waals surface area contributed by atoms with Gasteiger partial charge in [0.05, 0.1) is 0 Å². The molecule has 0 aromatic heterocycles. The minimum Gasteiger partial charge on any atom is -0.311 e. The topological polar surface area (TPSA) is 18.5 Å². The molecule has 0 amide bonds. The second kappa shape index (κ2) is 7.94. The second-order valence-corrected chi connectivity index (χ2v) is 8.25. The van der Waals surface area contributed by atoms with E-state index in [0.29, 0.717) is 6.04 Å². The number of piperazine rings is 1. The highest BCUT2D eigenvalue weighted by molar-refractivity contribution is 4.92. The van der Waals surface area contributed by atoms with Gasteiger partial charge in [-0.25, -0.2) is 0 Å². The normalized spacial score (nSPS) is 30.4. The van der Waals surface area contributed by atoms with E-state index in [1.54, 1.807) is 0 Å². The Hall–Kier alpha value is -0.120. The summed E-state index contributed by atoms with van der Waals surface area (Å²) in [6.45, 7) is 14.4. The molecule has 2 aliphatic rings. The van der Waals surface area contributed by atoms with Gasteiger partial charge in [-0.3, -0.25) is 4.90 Å². The summed E-state index contributed by atoms with van der Waals surface area (Å²) in [7, 11) is 2.27. The van der Waals surface area contributed by atoms with Gasteiger partial charge in [-0.05, 0) is 57.7 Å². The molecule has 3 nitrogen and oxygen atoms in total. The minimum atomic E-state index is 0.702. The van der Waals surface area contributed by atoms with Crippen molar-refractivity contribution in [3.63, 3.8) is 0 Å². The minimum absolute atomic E-state index is 0.702. The average Bonchev–Trinajstić information content (AvgIpc) is 2.40. The molecule has 0 bridgehead atoms. The first-order valence-electron chi connectivity index (χ1n) is 9.13. The molecule has 3 heteroatoms. The first-order chi connectivity index (χ1) is 9.95. The van der Waals surface area contributed by atoms with Crippen LogP contribution in [0.1, 0.15) is 53.4 Å². The van der Waals surface area contributed by atoms with Gasteiger partial charge in [0.1, 0.15) is 0 Å². The third-order valence-electron chi connectivity index (χ3n) is 5.20. The Balaban J connectivity index is 1.98. The highest BCUT2D eigenvalue weighted by atomic mass is 15.3. The van der Waals surface area contributed by atoms with Crippen LogP contribution >= 0.6 is 0 Å². The van der Waals surface area contributed by atoms with Crippen LogP contribution < -0.4 is 5.32 Å². The monoisotopic (exact) mass is 295 g/mol. The predicted molar refractivity (Wildman–Crippen MR) is 91.7 cm³/mol. The van der Waals surface area contributed by atoms with E-state index in [0.717, 1.165) is 23.9 Å². The summed E-state index contributed by atoms with van der Waals surface area (Å²) in [6, 6.07) is 2.27. The zero-order valence-corrected chi connectivity index (χ0v) is 14.9. The number of nitrogens with one attached hydrogen (secondary N) is 1. The Morgan fingerprint density at radius 1 is 1.00 bits per heavy atom. The molecule has 124 valence electrons. The Morgan fingerprint density at radius 2 is 1.62 bits per heavy atom. The molecule has 1 N–H and O–H groups in total.